The predicted octanol–water partition coefficient (Wildman–Crippen LogP) is 3.32. The van der Waals surface area contributed by atoms with Crippen LogP contribution in [0.15, 0.2) is 12.7 Å². The summed E-state index contributed by atoms with van der Waals surface area (Å²) < 4.78 is 5.31. The molecule has 0 N–H and O–H groups in total. The number of esters is 1. The molecule has 0 spiro atoms. The molecule has 0 saturated heterocycles. The Labute approximate surface area is 87.3 Å². The van der Waals surface area contributed by atoms with Crippen LogP contribution in [0.2, 0.25) is 0 Å². The summed E-state index contributed by atoms with van der Waals surface area (Å²) in [5, 5.41) is 0. The van der Waals surface area contributed by atoms with Gasteiger partial charge in [0.2, 0.25) is 0 Å². The van der Waals surface area contributed by atoms with E-state index < -0.39 is 0 Å². The molecule has 0 aliphatic carbocycles. The zero-order chi connectivity index (χ0) is 11.2. The quantitative estimate of drug-likeness (QED) is 0.500. The van der Waals surface area contributed by atoms with Crippen molar-refractivity contribution in [1.82, 2.24) is 0 Å². The molecule has 0 aromatic carbocycles. The Hall–Kier alpha value is -0.790. The first-order chi connectivity index (χ1) is 6.39. The normalized spacial score (nSPS) is 13.4. The summed E-state index contributed by atoms with van der Waals surface area (Å²) in [6, 6.07) is 0. The molecule has 0 rings (SSSR count). The number of ether oxygens (including phenoxy) is 1. The van der Waals surface area contributed by atoms with Crippen molar-refractivity contribution in [2.24, 2.45) is 5.41 Å². The van der Waals surface area contributed by atoms with Crippen LogP contribution in [0.3, 0.4) is 0 Å². The third-order valence-corrected chi connectivity index (χ3v) is 1.86. The number of hydrogen-bond donors (Lipinski definition) is 0. The summed E-state index contributed by atoms with van der Waals surface area (Å²) in [5.74, 6) is -0.105. The molecule has 14 heavy (non-hydrogen) atoms. The molecule has 82 valence electrons. The van der Waals surface area contributed by atoms with Crippen molar-refractivity contribution in [1.29, 1.82) is 0 Å². The first-order valence-electron chi connectivity index (χ1n) is 5.19. The highest BCUT2D eigenvalue weighted by Crippen LogP contribution is 2.20. The van der Waals surface area contributed by atoms with Gasteiger partial charge in [-0.2, -0.15) is 0 Å². The predicted molar refractivity (Wildman–Crippen MR) is 59.1 cm³/mol. The molecule has 0 heterocycles. The average Bonchev–Trinajstić information content (AvgIpc) is 2.00. The molecule has 2 nitrogen and oxygen atoms in total. The van der Waals surface area contributed by atoms with Crippen LogP contribution >= 0.6 is 0 Å². The maximum atomic E-state index is 11.4. The van der Waals surface area contributed by atoms with Crippen molar-refractivity contribution < 1.29 is 9.53 Å². The van der Waals surface area contributed by atoms with E-state index >= 15 is 0 Å². The lowest BCUT2D eigenvalue weighted by atomic mass is 9.92. The fourth-order valence-corrected chi connectivity index (χ4v) is 1.14. The van der Waals surface area contributed by atoms with Gasteiger partial charge < -0.3 is 4.74 Å². The molecule has 1 unspecified atom stereocenters. The van der Waals surface area contributed by atoms with Crippen LogP contribution in [0, 0.1) is 5.41 Å². The minimum absolute atomic E-state index is 0.00218. The highest BCUT2D eigenvalue weighted by atomic mass is 16.5. The monoisotopic (exact) mass is 198 g/mol. The Morgan fingerprint density at radius 1 is 1.50 bits per heavy atom. The van der Waals surface area contributed by atoms with E-state index in [4.69, 9.17) is 4.74 Å². The molecule has 0 fully saturated rings. The lowest BCUT2D eigenvalue weighted by Gasteiger charge is -2.20. The van der Waals surface area contributed by atoms with E-state index in [-0.39, 0.29) is 17.5 Å². The Kier molecular flexibility index (Phi) is 5.51. The Bertz CT molecular complexity index is 189. The topological polar surface area (TPSA) is 26.3 Å². The van der Waals surface area contributed by atoms with Crippen molar-refractivity contribution in [3.05, 3.63) is 12.7 Å². The van der Waals surface area contributed by atoms with Gasteiger partial charge in [-0.15, -0.1) is 6.58 Å². The molecule has 0 amide bonds. The third-order valence-electron chi connectivity index (χ3n) is 1.86. The summed E-state index contributed by atoms with van der Waals surface area (Å²) in [6.45, 7) is 11.7. The van der Waals surface area contributed by atoms with Crippen LogP contribution in [0.5, 0.6) is 0 Å². The maximum Gasteiger partial charge on any atom is 0.306 e. The van der Waals surface area contributed by atoms with E-state index in [0.717, 1.165) is 12.8 Å². The van der Waals surface area contributed by atoms with Crippen molar-refractivity contribution in [2.75, 3.05) is 0 Å². The molecule has 1 atom stereocenters. The molecule has 0 saturated carbocycles. The average molecular weight is 198 g/mol. The SMILES string of the molecule is C=CCC(CC)OC(=O)CC(C)(C)C. The minimum atomic E-state index is -0.105. The van der Waals surface area contributed by atoms with Gasteiger partial charge in [0, 0.05) is 6.42 Å². The smallest absolute Gasteiger partial charge is 0.306 e. The highest BCUT2D eigenvalue weighted by molar-refractivity contribution is 5.70. The number of hydrogen-bond acceptors (Lipinski definition) is 2. The van der Waals surface area contributed by atoms with Crippen molar-refractivity contribution in [2.45, 2.75) is 53.1 Å². The first-order valence-corrected chi connectivity index (χ1v) is 5.19. The maximum absolute atomic E-state index is 11.4. The minimum Gasteiger partial charge on any atom is -0.462 e. The van der Waals surface area contributed by atoms with Gasteiger partial charge in [-0.05, 0) is 11.8 Å². The van der Waals surface area contributed by atoms with E-state index in [0.29, 0.717) is 6.42 Å². The van der Waals surface area contributed by atoms with Crippen LogP contribution in [0.1, 0.15) is 47.0 Å². The Balaban J connectivity index is 3.96. The Morgan fingerprint density at radius 3 is 2.43 bits per heavy atom. The third kappa shape index (κ3) is 6.70. The van der Waals surface area contributed by atoms with E-state index in [2.05, 4.69) is 6.58 Å². The van der Waals surface area contributed by atoms with Gasteiger partial charge in [0.15, 0.2) is 0 Å². The van der Waals surface area contributed by atoms with Gasteiger partial charge in [0.05, 0.1) is 6.42 Å². The molecular weight excluding hydrogens is 176 g/mol. The Morgan fingerprint density at radius 2 is 2.07 bits per heavy atom. The molecular formula is C12H22O2. The van der Waals surface area contributed by atoms with Crippen molar-refractivity contribution >= 4 is 5.97 Å². The lowest BCUT2D eigenvalue weighted by molar-refractivity contribution is -0.151. The summed E-state index contributed by atoms with van der Waals surface area (Å²) in [7, 11) is 0. The summed E-state index contributed by atoms with van der Waals surface area (Å²) in [5.41, 5.74) is 0.00353. The van der Waals surface area contributed by atoms with Crippen LogP contribution in [0.4, 0.5) is 0 Å². The fraction of sp³-hybridized carbons (Fsp3) is 0.750. The first kappa shape index (κ1) is 13.2. The molecule has 0 bridgehead atoms. The molecule has 0 aromatic heterocycles. The van der Waals surface area contributed by atoms with Gasteiger partial charge in [0.25, 0.3) is 0 Å². The van der Waals surface area contributed by atoms with Gasteiger partial charge in [0.1, 0.15) is 6.10 Å². The van der Waals surface area contributed by atoms with Crippen molar-refractivity contribution in [3.63, 3.8) is 0 Å². The van der Waals surface area contributed by atoms with Crippen LogP contribution in [-0.4, -0.2) is 12.1 Å². The van der Waals surface area contributed by atoms with Gasteiger partial charge in [-0.1, -0.05) is 33.8 Å². The van der Waals surface area contributed by atoms with Crippen LogP contribution in [-0.2, 0) is 9.53 Å². The van der Waals surface area contributed by atoms with Crippen LogP contribution in [0.25, 0.3) is 0 Å². The van der Waals surface area contributed by atoms with Crippen LogP contribution < -0.4 is 0 Å². The molecule has 2 heteroatoms. The second-order valence-corrected chi connectivity index (χ2v) is 4.78. The van der Waals surface area contributed by atoms with Gasteiger partial charge in [-0.25, -0.2) is 0 Å². The molecule has 0 aromatic rings. The molecule has 0 aliphatic rings. The van der Waals surface area contributed by atoms with E-state index in [1.54, 1.807) is 6.08 Å². The summed E-state index contributed by atoms with van der Waals surface area (Å²) in [6.07, 6.45) is 3.86. The summed E-state index contributed by atoms with van der Waals surface area (Å²) >= 11 is 0. The van der Waals surface area contributed by atoms with Gasteiger partial charge in [-0.3, -0.25) is 4.79 Å². The number of rotatable bonds is 5. The lowest BCUT2D eigenvalue weighted by Crippen LogP contribution is -2.21. The largest absolute Gasteiger partial charge is 0.462 e. The molecule has 0 aliphatic heterocycles. The molecule has 0 radical (unpaired) electrons. The number of carbonyl (C=O) groups is 1. The number of carbonyl (C=O) groups excluding carboxylic acids is 1. The zero-order valence-corrected chi connectivity index (χ0v) is 9.80. The zero-order valence-electron chi connectivity index (χ0n) is 9.80. The standard InChI is InChI=1S/C12H22O2/c1-6-8-10(7-2)14-11(13)9-12(3,4)5/h6,10H,1,7-9H2,2-5H3. The van der Waals surface area contributed by atoms with E-state index in [9.17, 15) is 4.79 Å². The fourth-order valence-electron chi connectivity index (χ4n) is 1.14. The second-order valence-electron chi connectivity index (χ2n) is 4.78. The van der Waals surface area contributed by atoms with Gasteiger partial charge >= 0.3 is 5.97 Å². The summed E-state index contributed by atoms with van der Waals surface area (Å²) in [4.78, 5) is 11.4. The second kappa shape index (κ2) is 5.84. The highest BCUT2D eigenvalue weighted by Gasteiger charge is 2.19. The van der Waals surface area contributed by atoms with Crippen molar-refractivity contribution in [3.8, 4) is 0 Å². The van der Waals surface area contributed by atoms with E-state index in [1.807, 2.05) is 27.7 Å². The van der Waals surface area contributed by atoms with E-state index in [1.165, 1.54) is 0 Å².